The van der Waals surface area contributed by atoms with E-state index in [2.05, 4.69) is 10.00 Å². The molecule has 1 amide bonds. The molecule has 4 rings (SSSR count). The first kappa shape index (κ1) is 20.1. The molecule has 2 aliphatic heterocycles. The van der Waals surface area contributed by atoms with Gasteiger partial charge in [0.1, 0.15) is 5.03 Å². The Labute approximate surface area is 175 Å². The van der Waals surface area contributed by atoms with E-state index in [4.69, 9.17) is 4.74 Å². The minimum atomic E-state index is -0.0280. The molecule has 3 heterocycles. The number of benzene rings is 1. The van der Waals surface area contributed by atoms with Crippen molar-refractivity contribution >= 4 is 29.1 Å². The van der Waals surface area contributed by atoms with Crippen molar-refractivity contribution in [1.29, 1.82) is 0 Å². The summed E-state index contributed by atoms with van der Waals surface area (Å²) >= 11 is 1.49. The third-order valence-electron chi connectivity index (χ3n) is 5.26. The number of ether oxygens (including phenoxy) is 1. The molecular formula is C21H26N4O3S. The summed E-state index contributed by atoms with van der Waals surface area (Å²) in [6, 6.07) is 9.88. The molecule has 0 N–H and O–H groups in total. The van der Waals surface area contributed by atoms with Crippen LogP contribution in [0.3, 0.4) is 0 Å². The summed E-state index contributed by atoms with van der Waals surface area (Å²) in [5.41, 5.74) is 2.50. The zero-order chi connectivity index (χ0) is 20.2. The first-order valence-electron chi connectivity index (χ1n) is 10.0. The van der Waals surface area contributed by atoms with Crippen molar-refractivity contribution in [2.24, 2.45) is 0 Å². The number of ketones is 1. The number of rotatable bonds is 7. The summed E-state index contributed by atoms with van der Waals surface area (Å²) in [6.45, 7) is 6.30. The summed E-state index contributed by atoms with van der Waals surface area (Å²) in [7, 11) is 0. The molecule has 0 saturated carbocycles. The van der Waals surface area contributed by atoms with E-state index in [0.29, 0.717) is 12.2 Å². The van der Waals surface area contributed by atoms with Gasteiger partial charge in [-0.1, -0.05) is 30.0 Å². The maximum atomic E-state index is 12.6. The van der Waals surface area contributed by atoms with Gasteiger partial charge in [0.25, 0.3) is 0 Å². The van der Waals surface area contributed by atoms with E-state index in [1.807, 2.05) is 41.9 Å². The van der Waals surface area contributed by atoms with Crippen molar-refractivity contribution < 1.29 is 14.3 Å². The number of fused-ring (bicyclic) bond motifs is 1. The molecule has 0 unspecified atom stereocenters. The number of nitrogens with zero attached hydrogens (tertiary/aromatic N) is 4. The van der Waals surface area contributed by atoms with Crippen LogP contribution >= 0.6 is 11.8 Å². The highest BCUT2D eigenvalue weighted by Crippen LogP contribution is 2.39. The second kappa shape index (κ2) is 9.11. The van der Waals surface area contributed by atoms with E-state index in [1.165, 1.54) is 11.8 Å². The number of Topliss-reactive ketones (excluding diaryl/α,β-unsaturated/α-hetero) is 1. The summed E-state index contributed by atoms with van der Waals surface area (Å²) in [4.78, 5) is 29.2. The Hall–Kier alpha value is -2.16. The molecule has 1 saturated heterocycles. The molecule has 1 aromatic carbocycles. The first-order valence-corrected chi connectivity index (χ1v) is 11.0. The van der Waals surface area contributed by atoms with Gasteiger partial charge < -0.3 is 9.64 Å². The van der Waals surface area contributed by atoms with Crippen LogP contribution in [0.25, 0.3) is 5.69 Å². The van der Waals surface area contributed by atoms with E-state index in [1.54, 1.807) is 4.90 Å². The zero-order valence-electron chi connectivity index (χ0n) is 16.7. The number of morpholine rings is 1. The van der Waals surface area contributed by atoms with Crippen molar-refractivity contribution in [2.45, 2.75) is 24.8 Å². The quantitative estimate of drug-likeness (QED) is 0.693. The predicted octanol–water partition coefficient (Wildman–Crippen LogP) is 2.30. The van der Waals surface area contributed by atoms with E-state index < -0.39 is 0 Å². The highest BCUT2D eigenvalue weighted by atomic mass is 32.2. The lowest BCUT2D eigenvalue weighted by atomic mass is 10.2. The van der Waals surface area contributed by atoms with Crippen LogP contribution < -0.4 is 4.90 Å². The molecule has 1 aromatic heterocycles. The van der Waals surface area contributed by atoms with Gasteiger partial charge in [0.05, 0.1) is 42.6 Å². The predicted molar refractivity (Wildman–Crippen MR) is 113 cm³/mol. The molecule has 29 heavy (non-hydrogen) atoms. The Kier molecular flexibility index (Phi) is 6.32. The van der Waals surface area contributed by atoms with Gasteiger partial charge >= 0.3 is 0 Å². The van der Waals surface area contributed by atoms with Crippen LogP contribution in [0.5, 0.6) is 0 Å². The monoisotopic (exact) mass is 414 g/mol. The Morgan fingerprint density at radius 1 is 1.21 bits per heavy atom. The Morgan fingerprint density at radius 2 is 1.97 bits per heavy atom. The maximum Gasteiger partial charge on any atom is 0.237 e. The van der Waals surface area contributed by atoms with Gasteiger partial charge in [0.2, 0.25) is 5.91 Å². The molecule has 7 nitrogen and oxygen atoms in total. The first-order chi connectivity index (χ1) is 14.1. The molecule has 2 aliphatic rings. The second-order valence-corrected chi connectivity index (χ2v) is 8.32. The largest absolute Gasteiger partial charge is 0.379 e. The van der Waals surface area contributed by atoms with Crippen LogP contribution in [-0.2, 0) is 14.3 Å². The third-order valence-corrected chi connectivity index (χ3v) is 6.29. The smallest absolute Gasteiger partial charge is 0.237 e. The topological polar surface area (TPSA) is 67.7 Å². The molecule has 0 radical (unpaired) electrons. The average molecular weight is 415 g/mol. The molecular weight excluding hydrogens is 388 g/mol. The number of thioether (sulfide) groups is 1. The fraction of sp³-hybridized carbons (Fsp3) is 0.476. The van der Waals surface area contributed by atoms with Gasteiger partial charge in [-0.2, -0.15) is 5.10 Å². The van der Waals surface area contributed by atoms with Crippen molar-refractivity contribution in [2.75, 3.05) is 50.0 Å². The lowest BCUT2D eigenvalue weighted by molar-refractivity contribution is -0.121. The lowest BCUT2D eigenvalue weighted by Gasteiger charge is -2.28. The van der Waals surface area contributed by atoms with Crippen LogP contribution in [-0.4, -0.2) is 71.5 Å². The standard InChI is InChI=1S/C21H26N4O3S/c1-16-20-21(25(22-16)17-6-3-2-4-7-17)29-15-19(27)24(20)14-18(26)8-5-9-23-10-12-28-13-11-23/h2-4,6-7H,5,8-15H2,1H3. The van der Waals surface area contributed by atoms with Gasteiger partial charge in [-0.05, 0) is 32.0 Å². The third kappa shape index (κ3) is 4.55. The van der Waals surface area contributed by atoms with E-state index in [9.17, 15) is 9.59 Å². The number of carbonyl (C=O) groups is 2. The van der Waals surface area contributed by atoms with Crippen LogP contribution in [0.1, 0.15) is 18.5 Å². The highest BCUT2D eigenvalue weighted by molar-refractivity contribution is 8.00. The van der Waals surface area contributed by atoms with Crippen molar-refractivity contribution in [3.8, 4) is 5.69 Å². The number of hydrogen-bond acceptors (Lipinski definition) is 6. The number of para-hydroxylation sites is 1. The molecule has 0 spiro atoms. The number of aromatic nitrogens is 2. The zero-order valence-corrected chi connectivity index (χ0v) is 17.5. The van der Waals surface area contributed by atoms with Crippen LogP contribution in [0.15, 0.2) is 35.4 Å². The van der Waals surface area contributed by atoms with Crippen LogP contribution in [0, 0.1) is 6.92 Å². The molecule has 2 aromatic rings. The highest BCUT2D eigenvalue weighted by Gasteiger charge is 2.32. The molecule has 0 atom stereocenters. The van der Waals surface area contributed by atoms with Gasteiger partial charge in [0.15, 0.2) is 5.78 Å². The van der Waals surface area contributed by atoms with Crippen molar-refractivity contribution in [3.05, 3.63) is 36.0 Å². The lowest BCUT2D eigenvalue weighted by Crippen LogP contribution is -2.40. The minimum absolute atomic E-state index is 0.0280. The SMILES string of the molecule is Cc1nn(-c2ccccc2)c2c1N(CC(=O)CCCN1CCOCC1)C(=O)CS2. The second-order valence-electron chi connectivity index (χ2n) is 7.35. The number of anilines is 1. The number of aryl methyl sites for hydroxylation is 1. The van der Waals surface area contributed by atoms with E-state index in [0.717, 1.165) is 61.4 Å². The van der Waals surface area contributed by atoms with Gasteiger partial charge in [0, 0.05) is 19.5 Å². The molecule has 0 aliphatic carbocycles. The van der Waals surface area contributed by atoms with Crippen LogP contribution in [0.4, 0.5) is 5.69 Å². The van der Waals surface area contributed by atoms with Crippen LogP contribution in [0.2, 0.25) is 0 Å². The van der Waals surface area contributed by atoms with Gasteiger partial charge in [-0.15, -0.1) is 0 Å². The number of hydrogen-bond donors (Lipinski definition) is 0. The van der Waals surface area contributed by atoms with Crippen molar-refractivity contribution in [3.63, 3.8) is 0 Å². The molecule has 1 fully saturated rings. The number of carbonyl (C=O) groups excluding carboxylic acids is 2. The molecule has 0 bridgehead atoms. The normalized spacial score (nSPS) is 17.4. The Morgan fingerprint density at radius 3 is 2.72 bits per heavy atom. The van der Waals surface area contributed by atoms with E-state index in [-0.39, 0.29) is 18.2 Å². The summed E-state index contributed by atoms with van der Waals surface area (Å²) < 4.78 is 7.23. The summed E-state index contributed by atoms with van der Waals surface area (Å²) in [5, 5.41) is 5.58. The summed E-state index contributed by atoms with van der Waals surface area (Å²) in [5.74, 6) is 0.391. The minimum Gasteiger partial charge on any atom is -0.379 e. The molecule has 154 valence electrons. The summed E-state index contributed by atoms with van der Waals surface area (Å²) in [6.07, 6.45) is 1.29. The van der Waals surface area contributed by atoms with Gasteiger partial charge in [-0.25, -0.2) is 4.68 Å². The van der Waals surface area contributed by atoms with Gasteiger partial charge in [-0.3, -0.25) is 14.5 Å². The Balaban J connectivity index is 1.44. The van der Waals surface area contributed by atoms with Crippen molar-refractivity contribution in [1.82, 2.24) is 14.7 Å². The molecule has 8 heteroatoms. The fourth-order valence-electron chi connectivity index (χ4n) is 3.76. The van der Waals surface area contributed by atoms with E-state index >= 15 is 0 Å². The number of amides is 1. The maximum absolute atomic E-state index is 12.6. The average Bonchev–Trinajstić information content (AvgIpc) is 3.08. The fourth-order valence-corrected chi connectivity index (χ4v) is 4.84. The Bertz CT molecular complexity index is 878.